The van der Waals surface area contributed by atoms with Gasteiger partial charge in [0.25, 0.3) is 5.91 Å². The summed E-state index contributed by atoms with van der Waals surface area (Å²) in [6.07, 6.45) is 0. The fourth-order valence-electron chi connectivity index (χ4n) is 2.51. The van der Waals surface area contributed by atoms with Crippen molar-refractivity contribution in [1.82, 2.24) is 9.97 Å². The van der Waals surface area contributed by atoms with Gasteiger partial charge < -0.3 is 4.98 Å². The summed E-state index contributed by atoms with van der Waals surface area (Å²) in [5.74, 6) is 1.16. The van der Waals surface area contributed by atoms with Gasteiger partial charge in [-0.05, 0) is 35.7 Å². The number of aromatic nitrogens is 2. The van der Waals surface area contributed by atoms with Gasteiger partial charge in [-0.1, -0.05) is 30.3 Å². The summed E-state index contributed by atoms with van der Waals surface area (Å²) in [5.41, 5.74) is 2.39. The third-order valence-electron chi connectivity index (χ3n) is 3.70. The number of hydrogen-bond donors (Lipinski definition) is 2. The number of thioether (sulfide) groups is 1. The first-order valence-corrected chi connectivity index (χ1v) is 9.66. The van der Waals surface area contributed by atoms with E-state index in [1.165, 1.54) is 4.88 Å². The third-order valence-corrected chi connectivity index (χ3v) is 5.88. The summed E-state index contributed by atoms with van der Waals surface area (Å²) >= 11 is 3.39. The maximum Gasteiger partial charge on any atom is 0.259 e. The highest BCUT2D eigenvalue weighted by Crippen LogP contribution is 2.28. The van der Waals surface area contributed by atoms with Crippen molar-refractivity contribution < 1.29 is 4.79 Å². The number of carbonyl (C=O) groups excluding carboxylic acids is 1. The Morgan fingerprint density at radius 1 is 1.08 bits per heavy atom. The summed E-state index contributed by atoms with van der Waals surface area (Å²) in [5, 5.41) is 4.93. The number of anilines is 1. The molecule has 2 aromatic carbocycles. The second-order valence-corrected chi connectivity index (χ2v) is 7.47. The maximum absolute atomic E-state index is 12.7. The molecule has 4 nitrogen and oxygen atoms in total. The number of nitrogens with one attached hydrogen (secondary N) is 2. The van der Waals surface area contributed by atoms with Gasteiger partial charge in [-0.15, -0.1) is 23.1 Å². The summed E-state index contributed by atoms with van der Waals surface area (Å²) in [7, 11) is 0. The van der Waals surface area contributed by atoms with Crippen molar-refractivity contribution in [2.45, 2.75) is 10.6 Å². The highest BCUT2D eigenvalue weighted by Gasteiger charge is 2.13. The Morgan fingerprint density at radius 3 is 2.76 bits per heavy atom. The Morgan fingerprint density at radius 2 is 1.92 bits per heavy atom. The second kappa shape index (κ2) is 7.13. The van der Waals surface area contributed by atoms with Crippen molar-refractivity contribution in [1.29, 1.82) is 0 Å². The summed E-state index contributed by atoms with van der Waals surface area (Å²) in [6.45, 7) is 0. The lowest BCUT2D eigenvalue weighted by molar-refractivity contribution is 0.102. The minimum Gasteiger partial charge on any atom is -0.324 e. The fraction of sp³-hybridized carbons (Fsp3) is 0.0526. The van der Waals surface area contributed by atoms with Crippen LogP contribution in [0.1, 0.15) is 15.2 Å². The molecule has 1 amide bonds. The first-order chi connectivity index (χ1) is 12.3. The van der Waals surface area contributed by atoms with Crippen molar-refractivity contribution in [3.8, 4) is 0 Å². The monoisotopic (exact) mass is 365 g/mol. The molecule has 6 heteroatoms. The minimum atomic E-state index is -0.159. The van der Waals surface area contributed by atoms with Crippen LogP contribution in [0.3, 0.4) is 0 Å². The number of nitrogens with zero attached hydrogens (tertiary/aromatic N) is 1. The van der Waals surface area contributed by atoms with E-state index in [-0.39, 0.29) is 5.91 Å². The van der Waals surface area contributed by atoms with Gasteiger partial charge in [0, 0.05) is 15.5 Å². The molecule has 0 saturated heterocycles. The Balaban J connectivity index is 1.53. The molecule has 124 valence electrons. The number of amides is 1. The van der Waals surface area contributed by atoms with Gasteiger partial charge in [0.2, 0.25) is 5.95 Å². The Labute approximate surface area is 153 Å². The average molecular weight is 365 g/mol. The van der Waals surface area contributed by atoms with E-state index in [0.717, 1.165) is 21.7 Å². The van der Waals surface area contributed by atoms with Gasteiger partial charge in [-0.25, -0.2) is 4.98 Å². The van der Waals surface area contributed by atoms with Crippen molar-refractivity contribution in [3.63, 3.8) is 0 Å². The van der Waals surface area contributed by atoms with Gasteiger partial charge in [-0.3, -0.25) is 10.1 Å². The largest absolute Gasteiger partial charge is 0.324 e. The van der Waals surface area contributed by atoms with Crippen LogP contribution in [-0.2, 0) is 5.75 Å². The van der Waals surface area contributed by atoms with Crippen LogP contribution in [0, 0.1) is 0 Å². The van der Waals surface area contributed by atoms with Crippen LogP contribution in [0.4, 0.5) is 5.95 Å². The number of thiophene rings is 1. The van der Waals surface area contributed by atoms with E-state index < -0.39 is 0 Å². The number of fused-ring (bicyclic) bond motifs is 1. The maximum atomic E-state index is 12.7. The molecule has 25 heavy (non-hydrogen) atoms. The third kappa shape index (κ3) is 3.60. The zero-order chi connectivity index (χ0) is 17.1. The fourth-order valence-corrected chi connectivity index (χ4v) is 4.33. The van der Waals surface area contributed by atoms with Crippen LogP contribution in [0.5, 0.6) is 0 Å². The standard InChI is InChI=1S/C19H15N3OS2/c23-18(22-19-20-15-8-2-3-9-16(15)21-19)14-7-1-4-10-17(14)25-12-13-6-5-11-24-13/h1-11H,12H2,(H2,20,21,22,23). The van der Waals surface area contributed by atoms with Crippen LogP contribution in [0.2, 0.25) is 0 Å². The Kier molecular flexibility index (Phi) is 4.54. The Bertz CT molecular complexity index is 975. The van der Waals surface area contributed by atoms with E-state index in [1.54, 1.807) is 23.1 Å². The zero-order valence-corrected chi connectivity index (χ0v) is 14.9. The first-order valence-electron chi connectivity index (χ1n) is 7.80. The minimum absolute atomic E-state index is 0.159. The lowest BCUT2D eigenvalue weighted by atomic mass is 10.2. The SMILES string of the molecule is O=C(Nc1nc2ccccc2[nH]1)c1ccccc1SCc1cccs1. The number of rotatable bonds is 5. The lowest BCUT2D eigenvalue weighted by Crippen LogP contribution is -2.13. The number of aromatic amines is 1. The molecule has 0 atom stereocenters. The lowest BCUT2D eigenvalue weighted by Gasteiger charge is -2.08. The highest BCUT2D eigenvalue weighted by molar-refractivity contribution is 7.98. The predicted molar refractivity (Wildman–Crippen MR) is 104 cm³/mol. The first kappa shape index (κ1) is 15.9. The Hall–Kier alpha value is -2.57. The van der Waals surface area contributed by atoms with Crippen molar-refractivity contribution in [2.75, 3.05) is 5.32 Å². The smallest absolute Gasteiger partial charge is 0.259 e. The molecular weight excluding hydrogens is 350 g/mol. The number of benzene rings is 2. The molecule has 4 rings (SSSR count). The summed E-state index contributed by atoms with van der Waals surface area (Å²) in [4.78, 5) is 22.5. The van der Waals surface area contributed by atoms with Gasteiger partial charge in [0.15, 0.2) is 0 Å². The summed E-state index contributed by atoms with van der Waals surface area (Å²) < 4.78 is 0. The quantitative estimate of drug-likeness (QED) is 0.480. The number of imidazole rings is 1. The van der Waals surface area contributed by atoms with Crippen molar-refractivity contribution in [3.05, 3.63) is 76.5 Å². The number of carbonyl (C=O) groups is 1. The van der Waals surface area contributed by atoms with Crippen molar-refractivity contribution in [2.24, 2.45) is 0 Å². The molecule has 0 bridgehead atoms. The molecule has 2 N–H and O–H groups in total. The molecule has 0 aliphatic rings. The van der Waals surface area contributed by atoms with E-state index in [1.807, 2.05) is 54.6 Å². The normalized spacial score (nSPS) is 10.9. The van der Waals surface area contributed by atoms with E-state index in [0.29, 0.717) is 11.5 Å². The van der Waals surface area contributed by atoms with Gasteiger partial charge in [-0.2, -0.15) is 0 Å². The van der Waals surface area contributed by atoms with Gasteiger partial charge >= 0.3 is 0 Å². The molecule has 2 heterocycles. The van der Waals surface area contributed by atoms with Crippen LogP contribution < -0.4 is 5.32 Å². The topological polar surface area (TPSA) is 57.8 Å². The second-order valence-electron chi connectivity index (χ2n) is 5.42. The van der Waals surface area contributed by atoms with Crippen LogP contribution in [0.25, 0.3) is 11.0 Å². The number of H-pyrrole nitrogens is 1. The van der Waals surface area contributed by atoms with Crippen LogP contribution >= 0.6 is 23.1 Å². The van der Waals surface area contributed by atoms with E-state index in [2.05, 4.69) is 26.7 Å². The predicted octanol–water partition coefficient (Wildman–Crippen LogP) is 5.17. The highest BCUT2D eigenvalue weighted by atomic mass is 32.2. The van der Waals surface area contributed by atoms with Gasteiger partial charge in [0.1, 0.15) is 0 Å². The van der Waals surface area contributed by atoms with Crippen molar-refractivity contribution >= 4 is 46.0 Å². The zero-order valence-electron chi connectivity index (χ0n) is 13.2. The molecule has 4 aromatic rings. The molecule has 0 fully saturated rings. The molecule has 0 aliphatic carbocycles. The molecule has 0 unspecified atom stereocenters. The van der Waals surface area contributed by atoms with E-state index >= 15 is 0 Å². The van der Waals surface area contributed by atoms with Crippen LogP contribution in [-0.4, -0.2) is 15.9 Å². The summed E-state index contributed by atoms with van der Waals surface area (Å²) in [6, 6.07) is 19.5. The van der Waals surface area contributed by atoms with E-state index in [4.69, 9.17) is 0 Å². The van der Waals surface area contributed by atoms with Gasteiger partial charge in [0.05, 0.1) is 16.6 Å². The average Bonchev–Trinajstić information content (AvgIpc) is 3.29. The number of hydrogen-bond acceptors (Lipinski definition) is 4. The molecule has 0 aliphatic heterocycles. The van der Waals surface area contributed by atoms with E-state index in [9.17, 15) is 4.79 Å². The molecule has 2 aromatic heterocycles. The molecule has 0 saturated carbocycles. The molecule has 0 radical (unpaired) electrons. The number of para-hydroxylation sites is 2. The molecular formula is C19H15N3OS2. The molecule has 0 spiro atoms. The van der Waals surface area contributed by atoms with Crippen LogP contribution in [0.15, 0.2) is 70.9 Å².